The van der Waals surface area contributed by atoms with Crippen molar-refractivity contribution < 1.29 is 9.59 Å². The van der Waals surface area contributed by atoms with E-state index >= 15 is 0 Å². The van der Waals surface area contributed by atoms with E-state index in [9.17, 15) is 9.59 Å². The molecule has 2 aliphatic rings. The summed E-state index contributed by atoms with van der Waals surface area (Å²) in [5, 5.41) is 5.79. The molecule has 0 aromatic heterocycles. The Kier molecular flexibility index (Phi) is 7.99. The molecule has 0 spiro atoms. The van der Waals surface area contributed by atoms with Gasteiger partial charge in [-0.25, -0.2) is 0 Å². The monoisotopic (exact) mass is 338 g/mol. The summed E-state index contributed by atoms with van der Waals surface area (Å²) in [6, 6.07) is -0.450. The van der Waals surface area contributed by atoms with Crippen molar-refractivity contribution >= 4 is 11.8 Å². The molecule has 2 N–H and O–H groups in total. The number of carbonyl (C=O) groups is 2. The third-order valence-electron chi connectivity index (χ3n) is 5.29. The first-order valence-corrected chi connectivity index (χ1v) is 9.52. The largest absolute Gasteiger partial charge is 0.353 e. The van der Waals surface area contributed by atoms with Crippen LogP contribution < -0.4 is 10.6 Å². The third-order valence-corrected chi connectivity index (χ3v) is 5.29. The van der Waals surface area contributed by atoms with Gasteiger partial charge >= 0.3 is 0 Å². The van der Waals surface area contributed by atoms with Crippen LogP contribution in [0.4, 0.5) is 0 Å². The van der Waals surface area contributed by atoms with Crippen LogP contribution in [-0.4, -0.2) is 74.0 Å². The Hall–Kier alpha value is -1.14. The normalized spacial score (nSPS) is 22.1. The fraction of sp³-hybridized carbons (Fsp3) is 0.889. The Morgan fingerprint density at radius 3 is 2.42 bits per heavy atom. The van der Waals surface area contributed by atoms with Crippen molar-refractivity contribution in [3.8, 4) is 0 Å². The third kappa shape index (κ3) is 6.77. The molecule has 6 heteroatoms. The maximum Gasteiger partial charge on any atom is 0.242 e. The number of hydrogen-bond acceptors (Lipinski definition) is 4. The van der Waals surface area contributed by atoms with Crippen molar-refractivity contribution in [2.75, 3.05) is 46.3 Å². The fourth-order valence-electron chi connectivity index (χ4n) is 3.58. The molecule has 1 saturated heterocycles. The second-order valence-corrected chi connectivity index (χ2v) is 7.43. The minimum absolute atomic E-state index is 0.0172. The molecule has 1 saturated carbocycles. The van der Waals surface area contributed by atoms with Gasteiger partial charge in [-0.3, -0.25) is 14.5 Å². The van der Waals surface area contributed by atoms with Crippen LogP contribution in [0.15, 0.2) is 0 Å². The Morgan fingerprint density at radius 1 is 1.08 bits per heavy atom. The highest BCUT2D eigenvalue weighted by Gasteiger charge is 2.20. The van der Waals surface area contributed by atoms with Gasteiger partial charge in [0.05, 0.1) is 0 Å². The molecule has 6 nitrogen and oxygen atoms in total. The van der Waals surface area contributed by atoms with E-state index in [2.05, 4.69) is 27.5 Å². The summed E-state index contributed by atoms with van der Waals surface area (Å²) < 4.78 is 0. The van der Waals surface area contributed by atoms with Gasteiger partial charge in [-0.1, -0.05) is 19.3 Å². The van der Waals surface area contributed by atoms with Crippen molar-refractivity contribution in [1.82, 2.24) is 20.4 Å². The van der Waals surface area contributed by atoms with Gasteiger partial charge in [0.2, 0.25) is 11.8 Å². The van der Waals surface area contributed by atoms with Gasteiger partial charge in [-0.2, -0.15) is 0 Å². The second-order valence-electron chi connectivity index (χ2n) is 7.43. The summed E-state index contributed by atoms with van der Waals surface area (Å²) in [4.78, 5) is 28.9. The van der Waals surface area contributed by atoms with E-state index in [0.29, 0.717) is 18.9 Å². The van der Waals surface area contributed by atoms with Gasteiger partial charge in [-0.05, 0) is 32.7 Å². The molecular weight excluding hydrogens is 304 g/mol. The van der Waals surface area contributed by atoms with Crippen LogP contribution in [0.25, 0.3) is 0 Å². The summed E-state index contributed by atoms with van der Waals surface area (Å²) in [7, 11) is 2.14. The molecule has 2 amide bonds. The molecular formula is C18H34N4O2. The highest BCUT2D eigenvalue weighted by atomic mass is 16.2. The number of hydrogen-bond donors (Lipinski definition) is 2. The van der Waals surface area contributed by atoms with Crippen LogP contribution in [0.5, 0.6) is 0 Å². The molecule has 0 radical (unpaired) electrons. The summed E-state index contributed by atoms with van der Waals surface area (Å²) >= 11 is 0. The van der Waals surface area contributed by atoms with Crippen molar-refractivity contribution in [2.24, 2.45) is 5.92 Å². The molecule has 0 bridgehead atoms. The lowest BCUT2D eigenvalue weighted by molar-refractivity contribution is -0.129. The SMILES string of the molecule is C[C@H](NC(=O)CC1CCCCC1)C(=O)NCCN1CCN(C)CC1. The highest BCUT2D eigenvalue weighted by Crippen LogP contribution is 2.26. The van der Waals surface area contributed by atoms with Gasteiger partial charge in [0.15, 0.2) is 0 Å². The molecule has 1 atom stereocenters. The molecule has 1 aliphatic carbocycles. The first-order chi connectivity index (χ1) is 11.5. The smallest absolute Gasteiger partial charge is 0.242 e. The van der Waals surface area contributed by atoms with Crippen molar-refractivity contribution in [1.29, 1.82) is 0 Å². The average molecular weight is 338 g/mol. The molecule has 1 heterocycles. The first kappa shape index (κ1) is 19.2. The average Bonchev–Trinajstić information content (AvgIpc) is 2.57. The molecule has 2 fully saturated rings. The van der Waals surface area contributed by atoms with Crippen LogP contribution in [0.2, 0.25) is 0 Å². The standard InChI is InChI=1S/C18H34N4O2/c1-15(20-17(23)14-16-6-4-3-5-7-16)18(24)19-8-9-22-12-10-21(2)11-13-22/h15-16H,3-14H2,1-2H3,(H,19,24)(H,20,23)/t15-/m0/s1. The van der Waals surface area contributed by atoms with Gasteiger partial charge in [0, 0.05) is 45.7 Å². The fourth-order valence-corrected chi connectivity index (χ4v) is 3.58. The highest BCUT2D eigenvalue weighted by molar-refractivity contribution is 5.87. The lowest BCUT2D eigenvalue weighted by Crippen LogP contribution is -2.49. The number of nitrogens with zero attached hydrogens (tertiary/aromatic N) is 2. The Morgan fingerprint density at radius 2 is 1.75 bits per heavy atom. The number of rotatable bonds is 7. The summed E-state index contributed by atoms with van der Waals surface area (Å²) in [5.74, 6) is 0.441. The topological polar surface area (TPSA) is 64.7 Å². The molecule has 0 aromatic rings. The maximum atomic E-state index is 12.1. The molecule has 2 rings (SSSR count). The lowest BCUT2D eigenvalue weighted by atomic mass is 9.87. The van der Waals surface area contributed by atoms with E-state index in [-0.39, 0.29) is 11.8 Å². The van der Waals surface area contributed by atoms with Gasteiger partial charge in [0.1, 0.15) is 6.04 Å². The number of piperazine rings is 1. The van der Waals surface area contributed by atoms with E-state index in [1.54, 1.807) is 6.92 Å². The second kappa shape index (κ2) is 9.99. The summed E-state index contributed by atoms with van der Waals surface area (Å²) in [6.45, 7) is 7.57. The predicted octanol–water partition coefficient (Wildman–Crippen LogP) is 0.825. The zero-order valence-electron chi connectivity index (χ0n) is 15.4. The van der Waals surface area contributed by atoms with Crippen LogP contribution in [0, 0.1) is 5.92 Å². The summed E-state index contributed by atoms with van der Waals surface area (Å²) in [6.07, 6.45) is 6.64. The number of amides is 2. The Balaban J connectivity index is 1.58. The van der Waals surface area contributed by atoms with Crippen LogP contribution in [-0.2, 0) is 9.59 Å². The number of nitrogens with one attached hydrogen (secondary N) is 2. The van der Waals surface area contributed by atoms with Crippen LogP contribution in [0.3, 0.4) is 0 Å². The lowest BCUT2D eigenvalue weighted by Gasteiger charge is -2.32. The molecule has 0 unspecified atom stereocenters. The number of likely N-dealkylation sites (N-methyl/N-ethyl adjacent to an activating group) is 1. The minimum atomic E-state index is -0.450. The molecule has 138 valence electrons. The van der Waals surface area contributed by atoms with E-state index in [1.807, 2.05) is 0 Å². The Bertz CT molecular complexity index is 402. The Labute approximate surface area is 146 Å². The quantitative estimate of drug-likeness (QED) is 0.721. The summed E-state index contributed by atoms with van der Waals surface area (Å²) in [5.41, 5.74) is 0. The molecule has 1 aliphatic heterocycles. The molecule has 24 heavy (non-hydrogen) atoms. The minimum Gasteiger partial charge on any atom is -0.353 e. The zero-order chi connectivity index (χ0) is 17.4. The maximum absolute atomic E-state index is 12.1. The van der Waals surface area contributed by atoms with E-state index < -0.39 is 6.04 Å². The first-order valence-electron chi connectivity index (χ1n) is 9.52. The van der Waals surface area contributed by atoms with E-state index in [1.165, 1.54) is 19.3 Å². The van der Waals surface area contributed by atoms with Crippen molar-refractivity contribution in [2.45, 2.75) is 51.5 Å². The number of carbonyl (C=O) groups excluding carboxylic acids is 2. The van der Waals surface area contributed by atoms with Crippen LogP contribution in [0.1, 0.15) is 45.4 Å². The van der Waals surface area contributed by atoms with Gasteiger partial charge in [-0.15, -0.1) is 0 Å². The van der Waals surface area contributed by atoms with Crippen LogP contribution >= 0.6 is 0 Å². The van der Waals surface area contributed by atoms with Crippen molar-refractivity contribution in [3.63, 3.8) is 0 Å². The van der Waals surface area contributed by atoms with E-state index in [4.69, 9.17) is 0 Å². The van der Waals surface area contributed by atoms with Gasteiger partial charge < -0.3 is 15.5 Å². The predicted molar refractivity (Wildman–Crippen MR) is 95.7 cm³/mol. The van der Waals surface area contributed by atoms with Crippen molar-refractivity contribution in [3.05, 3.63) is 0 Å². The zero-order valence-corrected chi connectivity index (χ0v) is 15.4. The van der Waals surface area contributed by atoms with E-state index in [0.717, 1.165) is 45.6 Å². The van der Waals surface area contributed by atoms with Gasteiger partial charge in [0.25, 0.3) is 0 Å². The molecule has 0 aromatic carbocycles.